The molecule has 0 aliphatic carbocycles. The lowest BCUT2D eigenvalue weighted by atomic mass is 9.98. The van der Waals surface area contributed by atoms with Gasteiger partial charge in [0.1, 0.15) is 11.3 Å². The van der Waals surface area contributed by atoms with E-state index in [-0.39, 0.29) is 17.7 Å². The Balaban J connectivity index is 2.20. The van der Waals surface area contributed by atoms with Crippen molar-refractivity contribution in [1.82, 2.24) is 0 Å². The molecule has 0 saturated heterocycles. The van der Waals surface area contributed by atoms with E-state index in [1.807, 2.05) is 0 Å². The Hall–Kier alpha value is -3.82. The highest BCUT2D eigenvalue weighted by molar-refractivity contribution is 6.16. The highest BCUT2D eigenvalue weighted by Crippen LogP contribution is 2.39. The molecule has 0 saturated carbocycles. The summed E-state index contributed by atoms with van der Waals surface area (Å²) in [6.07, 6.45) is -4.47. The number of hydrogen-bond donors (Lipinski definition) is 1. The zero-order valence-corrected chi connectivity index (χ0v) is 18.1. The number of carbonyl (C=O) groups excluding carboxylic acids is 1. The SMILES string of the molecule is CCOC(=O)/C(=C/C(Nc1c(F)c(F)c(C(F)(F)F)c(F)c1F)c1ccccc1)c1ccccc1. The Morgan fingerprint density at radius 2 is 1.40 bits per heavy atom. The molecule has 35 heavy (non-hydrogen) atoms. The topological polar surface area (TPSA) is 38.3 Å². The van der Waals surface area contributed by atoms with Gasteiger partial charge in [0, 0.05) is 0 Å². The number of anilines is 1. The minimum atomic E-state index is -5.67. The minimum absolute atomic E-state index is 0.00498. The van der Waals surface area contributed by atoms with Crippen molar-refractivity contribution in [3.05, 3.63) is 107 Å². The van der Waals surface area contributed by atoms with Crippen molar-refractivity contribution in [1.29, 1.82) is 0 Å². The van der Waals surface area contributed by atoms with Gasteiger partial charge in [0.05, 0.1) is 18.2 Å². The van der Waals surface area contributed by atoms with E-state index >= 15 is 0 Å². The molecule has 0 amide bonds. The number of alkyl halides is 3. The maximum absolute atomic E-state index is 14.6. The maximum atomic E-state index is 14.6. The monoisotopic (exact) mass is 497 g/mol. The summed E-state index contributed by atoms with van der Waals surface area (Å²) in [4.78, 5) is 12.6. The van der Waals surface area contributed by atoms with Gasteiger partial charge in [-0.1, -0.05) is 60.7 Å². The van der Waals surface area contributed by atoms with Gasteiger partial charge in [-0.3, -0.25) is 0 Å². The van der Waals surface area contributed by atoms with Crippen molar-refractivity contribution in [2.45, 2.75) is 19.1 Å². The smallest absolute Gasteiger partial charge is 0.422 e. The summed E-state index contributed by atoms with van der Waals surface area (Å²) in [6, 6.07) is 14.4. The minimum Gasteiger partial charge on any atom is -0.462 e. The third-order valence-corrected chi connectivity index (χ3v) is 4.92. The molecule has 0 aliphatic rings. The Labute approximate surface area is 195 Å². The summed E-state index contributed by atoms with van der Waals surface area (Å²) in [5.74, 6) is -10.5. The van der Waals surface area contributed by atoms with E-state index in [0.29, 0.717) is 5.56 Å². The summed E-state index contributed by atoms with van der Waals surface area (Å²) < 4.78 is 101. The largest absolute Gasteiger partial charge is 0.462 e. The number of nitrogens with one attached hydrogen (secondary N) is 1. The van der Waals surface area contributed by atoms with E-state index in [4.69, 9.17) is 4.74 Å². The second kappa shape index (κ2) is 10.6. The standard InChI is InChI=1S/C25H18F7NO2/c1-2-35-24(34)16(14-9-5-3-6-10-14)13-17(15-11-7-4-8-12-15)33-23-21(28)19(26)18(25(30,31)32)20(27)22(23)29/h3-13,17,33H,2H2,1H3/b16-13+. The van der Waals surface area contributed by atoms with E-state index in [0.717, 1.165) is 0 Å². The highest BCUT2D eigenvalue weighted by Gasteiger charge is 2.42. The average molecular weight is 497 g/mol. The number of ether oxygens (including phenoxy) is 1. The quantitative estimate of drug-likeness (QED) is 0.164. The van der Waals surface area contributed by atoms with Crippen molar-refractivity contribution < 1.29 is 40.3 Å². The van der Waals surface area contributed by atoms with Gasteiger partial charge < -0.3 is 10.1 Å². The first-order valence-corrected chi connectivity index (χ1v) is 10.2. The number of carbonyl (C=O) groups is 1. The van der Waals surface area contributed by atoms with Crippen LogP contribution in [0.3, 0.4) is 0 Å². The lowest BCUT2D eigenvalue weighted by Crippen LogP contribution is -2.19. The van der Waals surface area contributed by atoms with Crippen molar-refractivity contribution >= 4 is 17.2 Å². The first-order valence-electron chi connectivity index (χ1n) is 10.2. The molecule has 0 bridgehead atoms. The van der Waals surface area contributed by atoms with E-state index in [1.165, 1.54) is 18.2 Å². The number of halogens is 7. The van der Waals surface area contributed by atoms with Crippen LogP contribution in [0.15, 0.2) is 66.7 Å². The number of benzene rings is 3. The maximum Gasteiger partial charge on any atom is 0.422 e. The summed E-state index contributed by atoms with van der Waals surface area (Å²) in [5.41, 5.74) is -3.55. The van der Waals surface area contributed by atoms with E-state index in [2.05, 4.69) is 5.32 Å². The normalized spacial score (nSPS) is 12.9. The molecule has 0 aromatic heterocycles. The molecule has 0 spiro atoms. The summed E-state index contributed by atoms with van der Waals surface area (Å²) in [6.45, 7) is 1.57. The van der Waals surface area contributed by atoms with E-state index in [1.54, 1.807) is 55.5 Å². The first kappa shape index (κ1) is 25.8. The van der Waals surface area contributed by atoms with Crippen LogP contribution in [0.2, 0.25) is 0 Å². The Morgan fingerprint density at radius 3 is 1.89 bits per heavy atom. The van der Waals surface area contributed by atoms with Crippen LogP contribution in [0.25, 0.3) is 5.57 Å². The van der Waals surface area contributed by atoms with Crippen molar-refractivity contribution in [3.63, 3.8) is 0 Å². The molecule has 0 aliphatic heterocycles. The predicted octanol–water partition coefficient (Wildman–Crippen LogP) is 7.06. The molecule has 1 atom stereocenters. The number of hydrogen-bond acceptors (Lipinski definition) is 3. The van der Waals surface area contributed by atoms with Gasteiger partial charge in [-0.25, -0.2) is 22.4 Å². The fourth-order valence-electron chi connectivity index (χ4n) is 3.32. The highest BCUT2D eigenvalue weighted by atomic mass is 19.4. The van der Waals surface area contributed by atoms with Crippen LogP contribution < -0.4 is 5.32 Å². The third-order valence-electron chi connectivity index (χ3n) is 4.92. The van der Waals surface area contributed by atoms with Gasteiger partial charge in [-0.15, -0.1) is 0 Å². The van der Waals surface area contributed by atoms with Gasteiger partial charge in [-0.05, 0) is 24.1 Å². The summed E-state index contributed by atoms with van der Waals surface area (Å²) in [7, 11) is 0. The molecule has 3 rings (SSSR count). The van der Waals surface area contributed by atoms with Crippen LogP contribution in [0, 0.1) is 23.3 Å². The Bertz CT molecular complexity index is 1200. The van der Waals surface area contributed by atoms with Crippen molar-refractivity contribution in [2.24, 2.45) is 0 Å². The van der Waals surface area contributed by atoms with Gasteiger partial charge in [0.2, 0.25) is 0 Å². The molecular weight excluding hydrogens is 479 g/mol. The van der Waals surface area contributed by atoms with Gasteiger partial charge in [-0.2, -0.15) is 13.2 Å². The van der Waals surface area contributed by atoms with Gasteiger partial charge in [0.15, 0.2) is 23.3 Å². The van der Waals surface area contributed by atoms with E-state index in [9.17, 15) is 35.5 Å². The number of rotatable bonds is 7. The van der Waals surface area contributed by atoms with Crippen LogP contribution in [-0.4, -0.2) is 12.6 Å². The van der Waals surface area contributed by atoms with Gasteiger partial charge >= 0.3 is 12.1 Å². The molecule has 10 heteroatoms. The van der Waals surface area contributed by atoms with Crippen LogP contribution in [0.5, 0.6) is 0 Å². The molecule has 0 fully saturated rings. The van der Waals surface area contributed by atoms with Crippen LogP contribution >= 0.6 is 0 Å². The molecule has 0 heterocycles. The molecular formula is C25H18F7NO2. The summed E-state index contributed by atoms with van der Waals surface area (Å²) >= 11 is 0. The molecule has 3 nitrogen and oxygen atoms in total. The second-order valence-electron chi connectivity index (χ2n) is 7.20. The second-order valence-corrected chi connectivity index (χ2v) is 7.20. The molecule has 0 radical (unpaired) electrons. The number of esters is 1. The Morgan fingerprint density at radius 1 is 0.886 bits per heavy atom. The first-order chi connectivity index (χ1) is 16.6. The third kappa shape index (κ3) is 5.64. The molecule has 3 aromatic rings. The van der Waals surface area contributed by atoms with Crippen LogP contribution in [0.4, 0.5) is 36.4 Å². The molecule has 184 valence electrons. The fraction of sp³-hybridized carbons (Fsp3) is 0.160. The summed E-state index contributed by atoms with van der Waals surface area (Å²) in [5, 5.41) is 2.21. The zero-order valence-electron chi connectivity index (χ0n) is 18.1. The van der Waals surface area contributed by atoms with Crippen LogP contribution in [-0.2, 0) is 15.7 Å². The van der Waals surface area contributed by atoms with E-state index < -0.39 is 52.7 Å². The van der Waals surface area contributed by atoms with Crippen molar-refractivity contribution in [3.8, 4) is 0 Å². The lowest BCUT2D eigenvalue weighted by molar-refractivity contribution is -0.143. The van der Waals surface area contributed by atoms with Crippen molar-refractivity contribution in [2.75, 3.05) is 11.9 Å². The fourth-order valence-corrected chi connectivity index (χ4v) is 3.32. The molecule has 1 unspecified atom stereocenters. The Kier molecular flexibility index (Phi) is 7.83. The lowest BCUT2D eigenvalue weighted by Gasteiger charge is -2.21. The predicted molar refractivity (Wildman–Crippen MR) is 115 cm³/mol. The average Bonchev–Trinajstić information content (AvgIpc) is 2.83. The van der Waals surface area contributed by atoms with Gasteiger partial charge in [0.25, 0.3) is 0 Å². The molecule has 1 N–H and O–H groups in total. The zero-order chi connectivity index (χ0) is 25.8. The molecule has 3 aromatic carbocycles. The van der Waals surface area contributed by atoms with Crippen LogP contribution in [0.1, 0.15) is 29.7 Å².